The molecule has 0 spiro atoms. The Labute approximate surface area is 157 Å². The van der Waals surface area contributed by atoms with Gasteiger partial charge in [-0.25, -0.2) is 21.9 Å². The monoisotopic (exact) mass is 394 g/mol. The summed E-state index contributed by atoms with van der Waals surface area (Å²) in [5, 5.41) is 0. The Hall–Kier alpha value is -2.32. The highest BCUT2D eigenvalue weighted by atomic mass is 32.2. The lowest BCUT2D eigenvalue weighted by Crippen LogP contribution is -2.35. The Morgan fingerprint density at radius 2 is 1.78 bits per heavy atom. The third kappa shape index (κ3) is 5.33. The van der Waals surface area contributed by atoms with Gasteiger partial charge < -0.3 is 4.90 Å². The molecule has 8 heteroatoms. The zero-order chi connectivity index (χ0) is 19.4. The van der Waals surface area contributed by atoms with E-state index in [0.29, 0.717) is 12.1 Å². The number of nitrogens with one attached hydrogen (secondary N) is 1. The Bertz CT molecular complexity index is 913. The van der Waals surface area contributed by atoms with Gasteiger partial charge in [-0.05, 0) is 54.8 Å². The van der Waals surface area contributed by atoms with E-state index in [-0.39, 0.29) is 35.6 Å². The molecule has 1 saturated carbocycles. The van der Waals surface area contributed by atoms with E-state index in [1.165, 1.54) is 24.3 Å². The first kappa shape index (κ1) is 19.4. The summed E-state index contributed by atoms with van der Waals surface area (Å²) in [5.74, 6) is -1.08. The highest BCUT2D eigenvalue weighted by Gasteiger charge is 2.32. The first-order chi connectivity index (χ1) is 12.8. The number of hydrogen-bond donors (Lipinski definition) is 1. The minimum Gasteiger partial charge on any atom is -0.335 e. The average molecular weight is 394 g/mol. The number of sulfonamides is 1. The number of amides is 1. The molecule has 27 heavy (non-hydrogen) atoms. The number of halogens is 2. The molecule has 0 aromatic heterocycles. The molecule has 0 saturated heterocycles. The maximum absolute atomic E-state index is 13.4. The Balaban J connectivity index is 1.57. The van der Waals surface area contributed by atoms with Crippen molar-refractivity contribution >= 4 is 15.9 Å². The van der Waals surface area contributed by atoms with Crippen LogP contribution in [0.1, 0.15) is 24.8 Å². The lowest BCUT2D eigenvalue weighted by molar-refractivity contribution is -0.132. The second kappa shape index (κ2) is 8.14. The van der Waals surface area contributed by atoms with Gasteiger partial charge in [-0.15, -0.1) is 0 Å². The second-order valence-electron chi connectivity index (χ2n) is 6.48. The molecule has 0 aliphatic heterocycles. The van der Waals surface area contributed by atoms with Gasteiger partial charge >= 0.3 is 0 Å². The van der Waals surface area contributed by atoms with E-state index in [0.717, 1.165) is 25.0 Å². The summed E-state index contributed by atoms with van der Waals surface area (Å²) >= 11 is 0. The van der Waals surface area contributed by atoms with Gasteiger partial charge in [0.05, 0.1) is 4.90 Å². The van der Waals surface area contributed by atoms with Crippen LogP contribution in [-0.2, 0) is 21.4 Å². The minimum atomic E-state index is -3.80. The molecule has 1 aliphatic carbocycles. The number of benzene rings is 2. The molecule has 1 amide bonds. The normalized spacial score (nSPS) is 14.1. The predicted octanol–water partition coefficient (Wildman–Crippen LogP) is 2.82. The molecule has 0 unspecified atom stereocenters. The van der Waals surface area contributed by atoms with Crippen LogP contribution in [0.2, 0.25) is 0 Å². The van der Waals surface area contributed by atoms with Crippen molar-refractivity contribution in [3.8, 4) is 0 Å². The fourth-order valence-electron chi connectivity index (χ4n) is 2.77. The van der Waals surface area contributed by atoms with Crippen molar-refractivity contribution in [3.63, 3.8) is 0 Å². The zero-order valence-corrected chi connectivity index (χ0v) is 15.4. The number of rotatable bonds is 8. The van der Waals surface area contributed by atoms with Gasteiger partial charge in [-0.1, -0.05) is 12.1 Å². The Morgan fingerprint density at radius 3 is 2.41 bits per heavy atom. The topological polar surface area (TPSA) is 66.5 Å². The number of carbonyl (C=O) groups excluding carboxylic acids is 1. The standard InChI is InChI=1S/C19H20F2N2O3S/c20-15-4-8-18(9-5-15)27(25,26)22-11-10-19(24)23(17-6-7-17)13-14-2-1-3-16(21)12-14/h1-5,8-9,12,17,22H,6-7,10-11,13H2. The van der Waals surface area contributed by atoms with Crippen LogP contribution in [-0.4, -0.2) is 31.8 Å². The Kier molecular flexibility index (Phi) is 5.86. The number of nitrogens with zero attached hydrogens (tertiary/aromatic N) is 1. The molecule has 0 heterocycles. The van der Waals surface area contributed by atoms with Crippen LogP contribution in [0.3, 0.4) is 0 Å². The van der Waals surface area contributed by atoms with Crippen LogP contribution < -0.4 is 4.72 Å². The summed E-state index contributed by atoms with van der Waals surface area (Å²) in [5.41, 5.74) is 0.696. The molecule has 3 rings (SSSR count). The van der Waals surface area contributed by atoms with Gasteiger partial charge in [0.2, 0.25) is 15.9 Å². The molecule has 0 radical (unpaired) electrons. The Morgan fingerprint density at radius 1 is 1.07 bits per heavy atom. The molecule has 1 aliphatic rings. The van der Waals surface area contributed by atoms with E-state index in [9.17, 15) is 22.0 Å². The largest absolute Gasteiger partial charge is 0.335 e. The van der Waals surface area contributed by atoms with Crippen LogP contribution in [0.4, 0.5) is 8.78 Å². The van der Waals surface area contributed by atoms with Crippen molar-refractivity contribution in [1.82, 2.24) is 9.62 Å². The SMILES string of the molecule is O=C(CCNS(=O)(=O)c1ccc(F)cc1)N(Cc1cccc(F)c1)C1CC1. The summed E-state index contributed by atoms with van der Waals surface area (Å²) in [7, 11) is -3.80. The summed E-state index contributed by atoms with van der Waals surface area (Å²) in [4.78, 5) is 14.1. The highest BCUT2D eigenvalue weighted by molar-refractivity contribution is 7.89. The van der Waals surface area contributed by atoms with E-state index in [4.69, 9.17) is 0 Å². The van der Waals surface area contributed by atoms with Crippen molar-refractivity contribution in [2.45, 2.75) is 36.7 Å². The van der Waals surface area contributed by atoms with Crippen molar-refractivity contribution in [2.24, 2.45) is 0 Å². The fourth-order valence-corrected chi connectivity index (χ4v) is 3.80. The maximum Gasteiger partial charge on any atom is 0.240 e. The molecular weight excluding hydrogens is 374 g/mol. The molecule has 1 N–H and O–H groups in total. The van der Waals surface area contributed by atoms with Crippen LogP contribution in [0.25, 0.3) is 0 Å². The van der Waals surface area contributed by atoms with Gasteiger partial charge in [0, 0.05) is 25.6 Å². The second-order valence-corrected chi connectivity index (χ2v) is 8.25. The van der Waals surface area contributed by atoms with E-state index in [1.807, 2.05) is 0 Å². The van der Waals surface area contributed by atoms with Crippen molar-refractivity contribution in [1.29, 1.82) is 0 Å². The summed E-state index contributed by atoms with van der Waals surface area (Å²) in [6.07, 6.45) is 1.77. The summed E-state index contributed by atoms with van der Waals surface area (Å²) < 4.78 is 53.0. The number of hydrogen-bond acceptors (Lipinski definition) is 3. The molecule has 2 aromatic rings. The van der Waals surface area contributed by atoms with Gasteiger partial charge in [-0.2, -0.15) is 0 Å². The van der Waals surface area contributed by atoms with Gasteiger partial charge in [0.25, 0.3) is 0 Å². The lowest BCUT2D eigenvalue weighted by Gasteiger charge is -2.23. The van der Waals surface area contributed by atoms with Gasteiger partial charge in [0.15, 0.2) is 0 Å². The lowest BCUT2D eigenvalue weighted by atomic mass is 10.2. The summed E-state index contributed by atoms with van der Waals surface area (Å²) in [6, 6.07) is 10.7. The smallest absolute Gasteiger partial charge is 0.240 e. The predicted molar refractivity (Wildman–Crippen MR) is 96.2 cm³/mol. The maximum atomic E-state index is 13.4. The first-order valence-corrected chi connectivity index (χ1v) is 10.1. The molecular formula is C19H20F2N2O3S. The molecule has 2 aromatic carbocycles. The minimum absolute atomic E-state index is 0.00770. The number of carbonyl (C=O) groups is 1. The van der Waals surface area contributed by atoms with Crippen molar-refractivity contribution in [2.75, 3.05) is 6.54 Å². The molecule has 1 fully saturated rings. The quantitative estimate of drug-likeness (QED) is 0.749. The van der Waals surface area contributed by atoms with Gasteiger partial charge in [0.1, 0.15) is 11.6 Å². The van der Waals surface area contributed by atoms with Crippen LogP contribution in [0.15, 0.2) is 53.4 Å². The van der Waals surface area contributed by atoms with Crippen LogP contribution >= 0.6 is 0 Å². The van der Waals surface area contributed by atoms with E-state index < -0.39 is 15.8 Å². The van der Waals surface area contributed by atoms with Crippen LogP contribution in [0, 0.1) is 11.6 Å². The molecule has 144 valence electrons. The van der Waals surface area contributed by atoms with Gasteiger partial charge in [-0.3, -0.25) is 4.79 Å². The molecule has 0 bridgehead atoms. The van der Waals surface area contributed by atoms with E-state index in [2.05, 4.69) is 4.72 Å². The van der Waals surface area contributed by atoms with E-state index >= 15 is 0 Å². The molecule has 0 atom stereocenters. The third-order valence-electron chi connectivity index (χ3n) is 4.30. The molecule has 5 nitrogen and oxygen atoms in total. The third-order valence-corrected chi connectivity index (χ3v) is 5.78. The van der Waals surface area contributed by atoms with E-state index in [1.54, 1.807) is 17.0 Å². The zero-order valence-electron chi connectivity index (χ0n) is 14.6. The summed E-state index contributed by atoms with van der Waals surface area (Å²) in [6.45, 7) is 0.233. The fraction of sp³-hybridized carbons (Fsp3) is 0.316. The highest BCUT2D eigenvalue weighted by Crippen LogP contribution is 2.29. The van der Waals surface area contributed by atoms with Crippen molar-refractivity contribution in [3.05, 3.63) is 65.7 Å². The average Bonchev–Trinajstić information content (AvgIpc) is 3.45. The first-order valence-electron chi connectivity index (χ1n) is 8.64. The van der Waals surface area contributed by atoms with Crippen LogP contribution in [0.5, 0.6) is 0 Å². The van der Waals surface area contributed by atoms with Crippen molar-refractivity contribution < 1.29 is 22.0 Å².